The van der Waals surface area contributed by atoms with Crippen molar-refractivity contribution in [2.75, 3.05) is 6.61 Å². The Kier molecular flexibility index (Phi) is 7.01. The first kappa shape index (κ1) is 15.5. The van der Waals surface area contributed by atoms with E-state index in [1.165, 1.54) is 25.7 Å². The Labute approximate surface area is 115 Å². The van der Waals surface area contributed by atoms with Gasteiger partial charge < -0.3 is 9.84 Å². The van der Waals surface area contributed by atoms with E-state index in [0.29, 0.717) is 5.92 Å². The molecule has 0 saturated heterocycles. The average molecular weight is 264 g/mol. The van der Waals surface area contributed by atoms with Crippen LogP contribution in [0.3, 0.4) is 0 Å². The molecule has 1 unspecified atom stereocenters. The van der Waals surface area contributed by atoms with Crippen molar-refractivity contribution >= 4 is 5.97 Å². The highest BCUT2D eigenvalue weighted by molar-refractivity contribution is 5.70. The maximum atomic E-state index is 10.6. The summed E-state index contributed by atoms with van der Waals surface area (Å²) in [5, 5.41) is 8.68. The van der Waals surface area contributed by atoms with Crippen molar-refractivity contribution in [3.05, 3.63) is 29.8 Å². The van der Waals surface area contributed by atoms with Crippen molar-refractivity contribution in [3.8, 4) is 5.75 Å². The molecule has 19 heavy (non-hydrogen) atoms. The van der Waals surface area contributed by atoms with E-state index in [-0.39, 0.29) is 6.42 Å². The second kappa shape index (κ2) is 8.57. The minimum Gasteiger partial charge on any atom is -0.493 e. The monoisotopic (exact) mass is 264 g/mol. The molecular weight excluding hydrogens is 240 g/mol. The molecule has 0 aromatic heterocycles. The normalized spacial score (nSPS) is 12.1. The molecule has 1 atom stereocenters. The van der Waals surface area contributed by atoms with Gasteiger partial charge in [-0.05, 0) is 30.0 Å². The Morgan fingerprint density at radius 1 is 1.26 bits per heavy atom. The van der Waals surface area contributed by atoms with Crippen LogP contribution in [0.5, 0.6) is 5.75 Å². The second-order valence-corrected chi connectivity index (χ2v) is 5.13. The number of ether oxygens (including phenoxy) is 1. The van der Waals surface area contributed by atoms with Crippen molar-refractivity contribution in [2.45, 2.75) is 46.0 Å². The Bertz CT molecular complexity index is 370. The zero-order valence-electron chi connectivity index (χ0n) is 11.9. The summed E-state index contributed by atoms with van der Waals surface area (Å²) in [7, 11) is 0. The summed E-state index contributed by atoms with van der Waals surface area (Å²) in [6.45, 7) is 5.14. The van der Waals surface area contributed by atoms with Crippen molar-refractivity contribution in [2.24, 2.45) is 5.92 Å². The minimum absolute atomic E-state index is 0.0632. The van der Waals surface area contributed by atoms with Crippen LogP contribution in [-0.2, 0) is 11.2 Å². The first-order valence-corrected chi connectivity index (χ1v) is 7.05. The van der Waals surface area contributed by atoms with E-state index in [2.05, 4.69) is 13.8 Å². The minimum atomic E-state index is -0.807. The van der Waals surface area contributed by atoms with Crippen molar-refractivity contribution < 1.29 is 14.6 Å². The maximum Gasteiger partial charge on any atom is 0.307 e. The molecule has 0 saturated carbocycles. The smallest absolute Gasteiger partial charge is 0.307 e. The third-order valence-electron chi connectivity index (χ3n) is 3.11. The number of carbonyl (C=O) groups is 1. The van der Waals surface area contributed by atoms with E-state index < -0.39 is 5.97 Å². The van der Waals surface area contributed by atoms with Crippen molar-refractivity contribution in [3.63, 3.8) is 0 Å². The van der Waals surface area contributed by atoms with Crippen LogP contribution in [0.15, 0.2) is 24.3 Å². The molecule has 1 rings (SSSR count). The predicted octanol–water partition coefficient (Wildman–Crippen LogP) is 3.91. The fraction of sp³-hybridized carbons (Fsp3) is 0.562. The van der Waals surface area contributed by atoms with Gasteiger partial charge in [0.2, 0.25) is 0 Å². The van der Waals surface area contributed by atoms with Crippen LogP contribution in [0.25, 0.3) is 0 Å². The first-order chi connectivity index (χ1) is 9.11. The van der Waals surface area contributed by atoms with E-state index in [0.717, 1.165) is 17.9 Å². The molecule has 3 nitrogen and oxygen atoms in total. The number of rotatable bonds is 9. The molecule has 0 aliphatic heterocycles. The summed E-state index contributed by atoms with van der Waals surface area (Å²) in [5.74, 6) is 0.569. The standard InChI is InChI=1S/C16H24O3/c1-3-4-5-6-13(2)12-19-15-9-7-14(8-10-15)11-16(17)18/h7-10,13H,3-6,11-12H2,1-2H3,(H,17,18). The van der Waals surface area contributed by atoms with Gasteiger partial charge in [0.25, 0.3) is 0 Å². The average Bonchev–Trinajstić information content (AvgIpc) is 2.37. The van der Waals surface area contributed by atoms with Crippen molar-refractivity contribution in [1.29, 1.82) is 0 Å². The molecule has 0 radical (unpaired) electrons. The van der Waals surface area contributed by atoms with Crippen LogP contribution in [0, 0.1) is 5.92 Å². The summed E-state index contributed by atoms with van der Waals surface area (Å²) >= 11 is 0. The molecule has 0 aliphatic carbocycles. The van der Waals surface area contributed by atoms with Gasteiger partial charge in [-0.15, -0.1) is 0 Å². The lowest BCUT2D eigenvalue weighted by Crippen LogP contribution is -2.08. The first-order valence-electron chi connectivity index (χ1n) is 7.05. The fourth-order valence-corrected chi connectivity index (χ4v) is 1.94. The molecule has 1 N–H and O–H groups in total. The highest BCUT2D eigenvalue weighted by atomic mass is 16.5. The summed E-state index contributed by atoms with van der Waals surface area (Å²) in [6.07, 6.45) is 5.06. The van der Waals surface area contributed by atoms with Crippen LogP contribution >= 0.6 is 0 Å². The van der Waals surface area contributed by atoms with E-state index in [9.17, 15) is 4.79 Å². The van der Waals surface area contributed by atoms with Gasteiger partial charge in [0.1, 0.15) is 5.75 Å². The lowest BCUT2D eigenvalue weighted by molar-refractivity contribution is -0.136. The summed E-state index contributed by atoms with van der Waals surface area (Å²) in [6, 6.07) is 7.31. The topological polar surface area (TPSA) is 46.5 Å². The number of benzene rings is 1. The van der Waals surface area contributed by atoms with Gasteiger partial charge in [-0.2, -0.15) is 0 Å². The molecule has 0 amide bonds. The zero-order valence-corrected chi connectivity index (χ0v) is 11.9. The van der Waals surface area contributed by atoms with Gasteiger partial charge in [-0.3, -0.25) is 4.79 Å². The maximum absolute atomic E-state index is 10.6. The predicted molar refractivity (Wildman–Crippen MR) is 76.6 cm³/mol. The largest absolute Gasteiger partial charge is 0.493 e. The third-order valence-corrected chi connectivity index (χ3v) is 3.11. The molecule has 0 aliphatic rings. The third kappa shape index (κ3) is 6.85. The van der Waals surface area contributed by atoms with E-state index >= 15 is 0 Å². The molecule has 0 bridgehead atoms. The molecule has 1 aromatic carbocycles. The van der Waals surface area contributed by atoms with Crippen LogP contribution in [0.4, 0.5) is 0 Å². The second-order valence-electron chi connectivity index (χ2n) is 5.13. The Morgan fingerprint density at radius 3 is 2.53 bits per heavy atom. The molecule has 106 valence electrons. The summed E-state index contributed by atoms with van der Waals surface area (Å²) < 4.78 is 5.71. The van der Waals surface area contributed by atoms with Gasteiger partial charge in [-0.25, -0.2) is 0 Å². The quantitative estimate of drug-likeness (QED) is 0.688. The number of carboxylic acids is 1. The molecule has 1 aromatic rings. The van der Waals surface area contributed by atoms with Crippen LogP contribution < -0.4 is 4.74 Å². The molecule has 0 fully saturated rings. The van der Waals surface area contributed by atoms with E-state index in [4.69, 9.17) is 9.84 Å². The van der Waals surface area contributed by atoms with Crippen LogP contribution in [0.1, 0.15) is 45.1 Å². The van der Waals surface area contributed by atoms with Crippen LogP contribution in [0.2, 0.25) is 0 Å². The van der Waals surface area contributed by atoms with Gasteiger partial charge in [0, 0.05) is 0 Å². The van der Waals surface area contributed by atoms with E-state index in [1.807, 2.05) is 24.3 Å². The lowest BCUT2D eigenvalue weighted by Gasteiger charge is -2.13. The van der Waals surface area contributed by atoms with Crippen molar-refractivity contribution in [1.82, 2.24) is 0 Å². The lowest BCUT2D eigenvalue weighted by atomic mass is 10.0. The van der Waals surface area contributed by atoms with Crippen LogP contribution in [-0.4, -0.2) is 17.7 Å². The van der Waals surface area contributed by atoms with Gasteiger partial charge in [0.05, 0.1) is 13.0 Å². The molecule has 3 heteroatoms. The Morgan fingerprint density at radius 2 is 1.95 bits per heavy atom. The number of hydrogen-bond acceptors (Lipinski definition) is 2. The zero-order chi connectivity index (χ0) is 14.1. The highest BCUT2D eigenvalue weighted by Crippen LogP contribution is 2.15. The Hall–Kier alpha value is -1.51. The molecular formula is C16H24O3. The number of carboxylic acid groups (broad SMARTS) is 1. The number of unbranched alkanes of at least 4 members (excludes halogenated alkanes) is 2. The number of aliphatic carboxylic acids is 1. The molecule has 0 heterocycles. The van der Waals surface area contributed by atoms with E-state index in [1.54, 1.807) is 0 Å². The SMILES string of the molecule is CCCCCC(C)COc1ccc(CC(=O)O)cc1. The summed E-state index contributed by atoms with van der Waals surface area (Å²) in [5.41, 5.74) is 0.802. The summed E-state index contributed by atoms with van der Waals surface area (Å²) in [4.78, 5) is 10.6. The van der Waals surface area contributed by atoms with Gasteiger partial charge in [-0.1, -0.05) is 45.2 Å². The Balaban J connectivity index is 2.31. The molecule has 0 spiro atoms. The number of hydrogen-bond donors (Lipinski definition) is 1. The fourth-order valence-electron chi connectivity index (χ4n) is 1.94. The highest BCUT2D eigenvalue weighted by Gasteiger charge is 2.04. The van der Waals surface area contributed by atoms with Gasteiger partial charge >= 0.3 is 5.97 Å². The van der Waals surface area contributed by atoms with Gasteiger partial charge in [0.15, 0.2) is 0 Å².